The number of benzene rings is 5. The van der Waals surface area contributed by atoms with Gasteiger partial charge in [0.1, 0.15) is 8.07 Å². The molecule has 0 aromatic heterocycles. The Morgan fingerprint density at radius 2 is 1.33 bits per heavy atom. The molecule has 43 heavy (non-hydrogen) atoms. The molecule has 4 heteroatoms. The van der Waals surface area contributed by atoms with Crippen molar-refractivity contribution in [3.63, 3.8) is 0 Å². The monoisotopic (exact) mass is 570 g/mol. The highest BCUT2D eigenvalue weighted by Crippen LogP contribution is 2.55. The first-order chi connectivity index (χ1) is 21.1. The number of rotatable bonds is 2. The summed E-state index contributed by atoms with van der Waals surface area (Å²) >= 11 is 0. The maximum atomic E-state index is 2.70. The first-order valence-corrected chi connectivity index (χ1v) is 19.2. The van der Waals surface area contributed by atoms with E-state index in [0.29, 0.717) is 5.92 Å². The molecule has 3 atom stereocenters. The van der Waals surface area contributed by atoms with E-state index < -0.39 is 8.07 Å². The summed E-state index contributed by atoms with van der Waals surface area (Å²) in [6.07, 6.45) is 5.60. The molecule has 3 aliphatic heterocycles. The second-order valence-electron chi connectivity index (χ2n) is 14.1. The van der Waals surface area contributed by atoms with Crippen LogP contribution in [0.3, 0.4) is 0 Å². The Morgan fingerprint density at radius 3 is 2.12 bits per heavy atom. The summed E-state index contributed by atoms with van der Waals surface area (Å²) in [4.78, 5) is 5.27. The lowest BCUT2D eigenvalue weighted by Crippen LogP contribution is -2.67. The zero-order valence-electron chi connectivity index (χ0n) is 24.9. The predicted octanol–water partition coefficient (Wildman–Crippen LogP) is 6.81. The number of anilines is 6. The van der Waals surface area contributed by atoms with E-state index in [9.17, 15) is 0 Å². The molecular formula is C39H35BN2Si. The zero-order chi connectivity index (χ0) is 28.4. The highest BCUT2D eigenvalue weighted by molar-refractivity contribution is 7.05. The van der Waals surface area contributed by atoms with Crippen molar-refractivity contribution < 1.29 is 0 Å². The van der Waals surface area contributed by atoms with Crippen LogP contribution in [0.2, 0.25) is 13.1 Å². The van der Waals surface area contributed by atoms with Crippen LogP contribution < -0.4 is 36.6 Å². The lowest BCUT2D eigenvalue weighted by atomic mass is 9.33. The van der Waals surface area contributed by atoms with Gasteiger partial charge in [-0.15, -0.1) is 0 Å². The fourth-order valence-electron chi connectivity index (χ4n) is 9.84. The van der Waals surface area contributed by atoms with Crippen LogP contribution in [-0.4, -0.2) is 14.8 Å². The number of hydrogen-bond acceptors (Lipinski definition) is 2. The van der Waals surface area contributed by atoms with Gasteiger partial charge < -0.3 is 9.80 Å². The normalized spacial score (nSPS) is 23.0. The van der Waals surface area contributed by atoms with Gasteiger partial charge >= 0.3 is 0 Å². The van der Waals surface area contributed by atoms with Gasteiger partial charge in [-0.05, 0) is 106 Å². The minimum Gasteiger partial charge on any atom is -0.312 e. The number of hydrogen-bond donors (Lipinski definition) is 0. The Balaban J connectivity index is 1.33. The molecule has 3 heterocycles. The van der Waals surface area contributed by atoms with Crippen LogP contribution >= 0.6 is 0 Å². The number of nitrogens with zero attached hydrogens (tertiary/aromatic N) is 2. The Morgan fingerprint density at radius 1 is 0.628 bits per heavy atom. The minimum absolute atomic E-state index is 0.219. The third-order valence-electron chi connectivity index (χ3n) is 11.7. The summed E-state index contributed by atoms with van der Waals surface area (Å²) in [5.74, 6) is 2.41. The highest BCUT2D eigenvalue weighted by atomic mass is 28.3. The second-order valence-corrected chi connectivity index (χ2v) is 18.5. The van der Waals surface area contributed by atoms with Crippen molar-refractivity contribution in [1.82, 2.24) is 0 Å². The van der Waals surface area contributed by atoms with Crippen LogP contribution in [0.5, 0.6) is 0 Å². The van der Waals surface area contributed by atoms with Crippen LogP contribution in [0.1, 0.15) is 37.2 Å². The van der Waals surface area contributed by atoms with Crippen molar-refractivity contribution in [3.8, 4) is 0 Å². The van der Waals surface area contributed by atoms with Gasteiger partial charge in [0.15, 0.2) is 0 Å². The van der Waals surface area contributed by atoms with E-state index in [1.807, 2.05) is 0 Å². The molecule has 3 unspecified atom stereocenters. The Labute approximate surface area is 256 Å². The molecule has 10 rings (SSSR count). The number of para-hydroxylation sites is 4. The summed E-state index contributed by atoms with van der Waals surface area (Å²) in [6.45, 7) is 5.32. The molecule has 2 aliphatic carbocycles. The molecule has 2 bridgehead atoms. The average molecular weight is 571 g/mol. The summed E-state index contributed by atoms with van der Waals surface area (Å²) in [5.41, 5.74) is 14.1. The molecule has 2 fully saturated rings. The average Bonchev–Trinajstić information content (AvgIpc) is 3.69. The molecule has 2 nitrogen and oxygen atoms in total. The molecule has 0 radical (unpaired) electrons. The Bertz CT molecular complexity index is 1970. The third kappa shape index (κ3) is 3.15. The molecule has 208 valence electrons. The van der Waals surface area contributed by atoms with Crippen molar-refractivity contribution in [2.75, 3.05) is 9.80 Å². The fraction of sp³-hybridized carbons (Fsp3) is 0.231. The van der Waals surface area contributed by atoms with Gasteiger partial charge in [-0.3, -0.25) is 0 Å². The van der Waals surface area contributed by atoms with Crippen LogP contribution in [0.4, 0.5) is 34.1 Å². The fourth-order valence-corrected chi connectivity index (χ4v) is 12.8. The van der Waals surface area contributed by atoms with Crippen molar-refractivity contribution in [3.05, 3.63) is 115 Å². The summed E-state index contributed by atoms with van der Waals surface area (Å²) < 4.78 is 0. The topological polar surface area (TPSA) is 6.48 Å². The van der Waals surface area contributed by atoms with Gasteiger partial charge in [-0.2, -0.15) is 0 Å². The molecular weight excluding hydrogens is 535 g/mol. The van der Waals surface area contributed by atoms with Crippen LogP contribution in [0.25, 0.3) is 0 Å². The van der Waals surface area contributed by atoms with Gasteiger partial charge in [0.2, 0.25) is 0 Å². The molecule has 5 aliphatic rings. The van der Waals surface area contributed by atoms with E-state index in [1.165, 1.54) is 76.2 Å². The lowest BCUT2D eigenvalue weighted by Gasteiger charge is -2.49. The van der Waals surface area contributed by atoms with Gasteiger partial charge in [-0.1, -0.05) is 92.3 Å². The first-order valence-electron chi connectivity index (χ1n) is 16.2. The summed E-state index contributed by atoms with van der Waals surface area (Å²) in [7, 11) is -1.91. The molecule has 0 N–H and O–H groups in total. The van der Waals surface area contributed by atoms with Gasteiger partial charge in [0.25, 0.3) is 6.71 Å². The quantitative estimate of drug-likeness (QED) is 0.211. The SMILES string of the molecule is C[Si]1(C)c2ccccc2N2c3cc(C4CC5CCC4C5)cc4c3B(c3ccccc3N4c3ccccc3)c3cccc1c32. The van der Waals surface area contributed by atoms with E-state index in [-0.39, 0.29) is 6.71 Å². The standard InChI is InChI=1S/C39H35BN2Si/c1-43(2)36-17-9-8-16-33(36)42-35-24-27(29-22-25-19-20-26(29)21-25)23-34-38(35)40(31-14-10-18-37(43)39(31)42)30-13-6-7-15-32(30)41(34)28-11-4-3-5-12-28/h3-18,23-26,29H,19-22H2,1-2H3. The predicted molar refractivity (Wildman–Crippen MR) is 185 cm³/mol. The minimum atomic E-state index is -1.91. The Hall–Kier alpha value is -4.02. The van der Waals surface area contributed by atoms with Crippen LogP contribution in [-0.2, 0) is 0 Å². The molecule has 0 spiro atoms. The lowest BCUT2D eigenvalue weighted by molar-refractivity contribution is 0.420. The van der Waals surface area contributed by atoms with Gasteiger partial charge in [0, 0.05) is 34.1 Å². The molecule has 2 saturated carbocycles. The Kier molecular flexibility index (Phi) is 4.85. The molecule has 0 saturated heterocycles. The van der Waals surface area contributed by atoms with E-state index >= 15 is 0 Å². The molecule has 5 aromatic rings. The van der Waals surface area contributed by atoms with E-state index in [0.717, 1.165) is 11.8 Å². The van der Waals surface area contributed by atoms with Crippen molar-refractivity contribution in [2.45, 2.75) is 44.7 Å². The van der Waals surface area contributed by atoms with Crippen LogP contribution in [0.15, 0.2) is 109 Å². The van der Waals surface area contributed by atoms with Crippen molar-refractivity contribution in [2.24, 2.45) is 11.8 Å². The van der Waals surface area contributed by atoms with Crippen molar-refractivity contribution >= 4 is 75.7 Å². The number of fused-ring (bicyclic) bond motifs is 8. The van der Waals surface area contributed by atoms with Gasteiger partial charge in [0.05, 0.1) is 0 Å². The maximum Gasteiger partial charge on any atom is 0.252 e. The van der Waals surface area contributed by atoms with Crippen molar-refractivity contribution in [1.29, 1.82) is 0 Å². The zero-order valence-corrected chi connectivity index (χ0v) is 25.9. The first kappa shape index (κ1) is 24.4. The maximum absolute atomic E-state index is 2.70. The molecule has 5 aromatic carbocycles. The molecule has 0 amide bonds. The van der Waals surface area contributed by atoms with E-state index in [4.69, 9.17) is 0 Å². The summed E-state index contributed by atoms with van der Waals surface area (Å²) in [5, 5.41) is 3.12. The van der Waals surface area contributed by atoms with E-state index in [2.05, 4.69) is 132 Å². The summed E-state index contributed by atoms with van der Waals surface area (Å²) in [6, 6.07) is 42.1. The third-order valence-corrected chi connectivity index (χ3v) is 15.2. The highest BCUT2D eigenvalue weighted by Gasteiger charge is 2.49. The van der Waals surface area contributed by atoms with Crippen LogP contribution in [0, 0.1) is 11.8 Å². The second kappa shape index (κ2) is 8.54. The smallest absolute Gasteiger partial charge is 0.252 e. The van der Waals surface area contributed by atoms with E-state index in [1.54, 1.807) is 15.9 Å². The largest absolute Gasteiger partial charge is 0.312 e. The van der Waals surface area contributed by atoms with Gasteiger partial charge in [-0.25, -0.2) is 0 Å².